The third-order valence-electron chi connectivity index (χ3n) is 1.57. The standard InChI is InChI=1S/C9H10N2O3/c1-14-7-4-2-6(3-5-7)11-9(13)8(10)12/h2-5H,1H3,(H2,10,12)(H,11,13). The summed E-state index contributed by atoms with van der Waals surface area (Å²) in [5, 5.41) is 2.32. The largest absolute Gasteiger partial charge is 0.497 e. The smallest absolute Gasteiger partial charge is 0.313 e. The molecule has 0 atom stereocenters. The number of carbonyl (C=O) groups is 2. The minimum absolute atomic E-state index is 0.495. The van der Waals surface area contributed by atoms with Gasteiger partial charge in [0.05, 0.1) is 7.11 Å². The molecule has 1 aromatic rings. The van der Waals surface area contributed by atoms with Gasteiger partial charge in [0, 0.05) is 5.69 Å². The van der Waals surface area contributed by atoms with Crippen molar-refractivity contribution in [3.8, 4) is 5.75 Å². The van der Waals surface area contributed by atoms with Crippen molar-refractivity contribution in [2.45, 2.75) is 0 Å². The van der Waals surface area contributed by atoms with Gasteiger partial charge in [-0.05, 0) is 24.3 Å². The molecule has 0 saturated carbocycles. The van der Waals surface area contributed by atoms with Crippen LogP contribution in [0.4, 0.5) is 5.69 Å². The highest BCUT2D eigenvalue weighted by Gasteiger charge is 2.07. The van der Waals surface area contributed by atoms with E-state index in [0.717, 1.165) is 0 Å². The SMILES string of the molecule is COc1ccc(NC(=O)C(N)=O)cc1. The van der Waals surface area contributed by atoms with Crippen LogP contribution in [-0.2, 0) is 9.59 Å². The first-order valence-electron chi connectivity index (χ1n) is 3.88. The normalized spacial score (nSPS) is 9.21. The van der Waals surface area contributed by atoms with Crippen LogP contribution in [0, 0.1) is 0 Å². The lowest BCUT2D eigenvalue weighted by Gasteiger charge is -2.03. The molecule has 5 nitrogen and oxygen atoms in total. The van der Waals surface area contributed by atoms with Gasteiger partial charge in [0.1, 0.15) is 5.75 Å². The van der Waals surface area contributed by atoms with E-state index in [1.54, 1.807) is 24.3 Å². The zero-order valence-corrected chi connectivity index (χ0v) is 7.61. The number of amides is 2. The van der Waals surface area contributed by atoms with Crippen molar-refractivity contribution < 1.29 is 14.3 Å². The monoisotopic (exact) mass is 194 g/mol. The van der Waals surface area contributed by atoms with Crippen LogP contribution in [0.3, 0.4) is 0 Å². The summed E-state index contributed by atoms with van der Waals surface area (Å²) < 4.78 is 4.92. The van der Waals surface area contributed by atoms with Crippen molar-refractivity contribution in [3.05, 3.63) is 24.3 Å². The van der Waals surface area contributed by atoms with Gasteiger partial charge in [-0.1, -0.05) is 0 Å². The minimum Gasteiger partial charge on any atom is -0.497 e. The maximum Gasteiger partial charge on any atom is 0.313 e. The Balaban J connectivity index is 2.69. The topological polar surface area (TPSA) is 81.4 Å². The third kappa shape index (κ3) is 2.48. The predicted molar refractivity (Wildman–Crippen MR) is 50.8 cm³/mol. The van der Waals surface area contributed by atoms with Crippen LogP contribution in [0.1, 0.15) is 0 Å². The molecule has 0 saturated heterocycles. The lowest BCUT2D eigenvalue weighted by molar-refractivity contribution is -0.134. The van der Waals surface area contributed by atoms with Crippen molar-refractivity contribution in [1.29, 1.82) is 0 Å². The molecule has 0 radical (unpaired) electrons. The summed E-state index contributed by atoms with van der Waals surface area (Å²) in [6.45, 7) is 0. The van der Waals surface area contributed by atoms with Crippen LogP contribution in [0.5, 0.6) is 5.75 Å². The lowest BCUT2D eigenvalue weighted by Crippen LogP contribution is -2.29. The molecule has 0 bridgehead atoms. The van der Waals surface area contributed by atoms with Crippen molar-refractivity contribution >= 4 is 17.5 Å². The molecule has 0 fully saturated rings. The number of hydrogen-bond acceptors (Lipinski definition) is 3. The molecule has 0 aliphatic heterocycles. The van der Waals surface area contributed by atoms with Gasteiger partial charge >= 0.3 is 11.8 Å². The first-order chi connectivity index (χ1) is 6.63. The molecule has 0 unspecified atom stereocenters. The van der Waals surface area contributed by atoms with Crippen molar-refractivity contribution in [2.24, 2.45) is 5.73 Å². The molecular formula is C9H10N2O3. The van der Waals surface area contributed by atoms with E-state index in [9.17, 15) is 9.59 Å². The molecule has 0 heterocycles. The van der Waals surface area contributed by atoms with Crippen LogP contribution < -0.4 is 15.8 Å². The molecule has 1 rings (SSSR count). The van der Waals surface area contributed by atoms with Crippen LogP contribution in [0.15, 0.2) is 24.3 Å². The number of ether oxygens (including phenoxy) is 1. The Morgan fingerprint density at radius 2 is 1.86 bits per heavy atom. The summed E-state index contributed by atoms with van der Waals surface area (Å²) in [5.41, 5.74) is 5.26. The summed E-state index contributed by atoms with van der Waals surface area (Å²) in [7, 11) is 1.54. The predicted octanol–water partition coefficient (Wildman–Crippen LogP) is 0.119. The number of nitrogens with two attached hydrogens (primary N) is 1. The molecule has 0 spiro atoms. The van der Waals surface area contributed by atoms with Crippen molar-refractivity contribution in [1.82, 2.24) is 0 Å². The Bertz CT molecular complexity index is 346. The Labute approximate surface area is 80.9 Å². The Morgan fingerprint density at radius 3 is 2.29 bits per heavy atom. The summed E-state index contributed by atoms with van der Waals surface area (Å²) in [6, 6.07) is 6.55. The third-order valence-corrected chi connectivity index (χ3v) is 1.57. The van der Waals surface area contributed by atoms with E-state index in [1.165, 1.54) is 7.11 Å². The van der Waals surface area contributed by atoms with E-state index in [2.05, 4.69) is 5.32 Å². The average Bonchev–Trinajstić information content (AvgIpc) is 2.19. The Morgan fingerprint density at radius 1 is 1.29 bits per heavy atom. The summed E-state index contributed by atoms with van der Waals surface area (Å²) in [6.07, 6.45) is 0. The van der Waals surface area contributed by atoms with Gasteiger partial charge in [0.2, 0.25) is 0 Å². The van der Waals surface area contributed by atoms with E-state index < -0.39 is 11.8 Å². The molecule has 0 aromatic heterocycles. The van der Waals surface area contributed by atoms with Crippen molar-refractivity contribution in [3.63, 3.8) is 0 Å². The molecule has 5 heteroatoms. The highest BCUT2D eigenvalue weighted by atomic mass is 16.5. The van der Waals surface area contributed by atoms with Gasteiger partial charge in [0.25, 0.3) is 0 Å². The number of benzene rings is 1. The first kappa shape index (κ1) is 10.0. The zero-order valence-electron chi connectivity index (χ0n) is 7.61. The molecule has 0 aliphatic rings. The van der Waals surface area contributed by atoms with Gasteiger partial charge in [-0.2, -0.15) is 0 Å². The van der Waals surface area contributed by atoms with E-state index in [-0.39, 0.29) is 0 Å². The Kier molecular flexibility index (Phi) is 3.06. The van der Waals surface area contributed by atoms with Crippen LogP contribution >= 0.6 is 0 Å². The van der Waals surface area contributed by atoms with Crippen LogP contribution in [0.2, 0.25) is 0 Å². The van der Waals surface area contributed by atoms with Crippen LogP contribution in [0.25, 0.3) is 0 Å². The molecular weight excluding hydrogens is 184 g/mol. The number of methoxy groups -OCH3 is 1. The van der Waals surface area contributed by atoms with Gasteiger partial charge in [-0.25, -0.2) is 0 Å². The summed E-state index contributed by atoms with van der Waals surface area (Å²) in [4.78, 5) is 21.3. The second-order valence-corrected chi connectivity index (χ2v) is 2.55. The number of rotatable bonds is 2. The van der Waals surface area contributed by atoms with Crippen molar-refractivity contribution in [2.75, 3.05) is 12.4 Å². The Hall–Kier alpha value is -2.04. The van der Waals surface area contributed by atoms with Gasteiger partial charge < -0.3 is 15.8 Å². The minimum atomic E-state index is -1.01. The molecule has 74 valence electrons. The molecule has 1 aromatic carbocycles. The maximum atomic E-state index is 10.8. The number of nitrogens with one attached hydrogen (secondary N) is 1. The average molecular weight is 194 g/mol. The second kappa shape index (κ2) is 4.27. The molecule has 2 amide bonds. The van der Waals surface area contributed by atoms with Crippen LogP contribution in [-0.4, -0.2) is 18.9 Å². The van der Waals surface area contributed by atoms with E-state index >= 15 is 0 Å². The van der Waals surface area contributed by atoms with Gasteiger partial charge in [-0.3, -0.25) is 9.59 Å². The lowest BCUT2D eigenvalue weighted by atomic mass is 10.3. The number of carbonyl (C=O) groups excluding carboxylic acids is 2. The first-order valence-corrected chi connectivity index (χ1v) is 3.88. The van der Waals surface area contributed by atoms with Gasteiger partial charge in [0.15, 0.2) is 0 Å². The van der Waals surface area contributed by atoms with E-state index in [0.29, 0.717) is 11.4 Å². The fourth-order valence-corrected chi connectivity index (χ4v) is 0.867. The number of anilines is 1. The molecule has 0 aliphatic carbocycles. The molecule has 14 heavy (non-hydrogen) atoms. The molecule has 3 N–H and O–H groups in total. The maximum absolute atomic E-state index is 10.8. The summed E-state index contributed by atoms with van der Waals surface area (Å²) >= 11 is 0. The fraction of sp³-hybridized carbons (Fsp3) is 0.111. The summed E-state index contributed by atoms with van der Waals surface area (Å²) in [5.74, 6) is -1.18. The van der Waals surface area contributed by atoms with E-state index in [1.807, 2.05) is 0 Å². The highest BCUT2D eigenvalue weighted by molar-refractivity contribution is 6.39. The fourth-order valence-electron chi connectivity index (χ4n) is 0.867. The number of primary amides is 1. The number of hydrogen-bond donors (Lipinski definition) is 2. The van der Waals surface area contributed by atoms with E-state index in [4.69, 9.17) is 10.5 Å². The highest BCUT2D eigenvalue weighted by Crippen LogP contribution is 2.14. The van der Waals surface area contributed by atoms with Gasteiger partial charge in [-0.15, -0.1) is 0 Å². The zero-order chi connectivity index (χ0) is 10.6. The quantitative estimate of drug-likeness (QED) is 0.656. The second-order valence-electron chi connectivity index (χ2n) is 2.55.